The summed E-state index contributed by atoms with van der Waals surface area (Å²) in [5.41, 5.74) is 0. The third kappa shape index (κ3) is 11.5. The van der Waals surface area contributed by atoms with Crippen LogP contribution >= 0.6 is 0 Å². The lowest BCUT2D eigenvalue weighted by molar-refractivity contribution is 0.645. The van der Waals surface area contributed by atoms with Gasteiger partial charge in [0.05, 0.1) is 0 Å². The lowest BCUT2D eigenvalue weighted by Gasteiger charge is -1.98. The molecule has 0 aliphatic rings. The molecule has 0 atom stereocenters. The molecule has 0 aromatic heterocycles. The van der Waals surface area contributed by atoms with E-state index in [4.69, 9.17) is 0 Å². The molecule has 0 amide bonds. The lowest BCUT2D eigenvalue weighted by Crippen LogP contribution is -1.81. The van der Waals surface area contributed by atoms with E-state index >= 15 is 0 Å². The Labute approximate surface area is 90.1 Å². The third-order valence-corrected chi connectivity index (χ3v) is 2.30. The smallest absolute Gasteiger partial charge is 0.0327 e. The third-order valence-electron chi connectivity index (χ3n) is 2.30. The van der Waals surface area contributed by atoms with Gasteiger partial charge in [-0.1, -0.05) is 44.9 Å². The molecule has 0 heterocycles. The molecule has 0 fully saturated rings. The predicted octanol–water partition coefficient (Wildman–Crippen LogP) is 5.12. The molecule has 0 bridgehead atoms. The maximum absolute atomic E-state index is 3.72. The summed E-state index contributed by atoms with van der Waals surface area (Å²) in [4.78, 5) is 0. The van der Waals surface area contributed by atoms with Crippen LogP contribution < -0.4 is 0 Å². The molecule has 0 radical (unpaired) electrons. The summed E-state index contributed by atoms with van der Waals surface area (Å²) in [6.45, 7) is 8.25. The molecule has 0 saturated carbocycles. The van der Waals surface area contributed by atoms with Gasteiger partial charge < -0.3 is 0 Å². The number of hydrogen-bond acceptors (Lipinski definition) is 0. The van der Waals surface area contributed by atoms with Crippen LogP contribution in [-0.2, 0) is 0 Å². The van der Waals surface area contributed by atoms with Crippen molar-refractivity contribution in [1.82, 2.24) is 0 Å². The van der Waals surface area contributed by atoms with Crippen LogP contribution in [0.4, 0.5) is 0 Å². The van der Waals surface area contributed by atoms with E-state index in [1.807, 2.05) is 6.08 Å². The molecule has 0 saturated heterocycles. The Hall–Kier alpha value is -0.520. The first-order valence-electron chi connectivity index (χ1n) is 6.03. The molecule has 0 aliphatic carbocycles. The number of rotatable bonds is 9. The molecule has 0 rings (SSSR count). The van der Waals surface area contributed by atoms with Gasteiger partial charge in [0, 0.05) is 0 Å². The molecule has 0 heteroatoms. The van der Waals surface area contributed by atoms with Crippen molar-refractivity contribution in [2.75, 3.05) is 0 Å². The molecule has 14 heavy (non-hydrogen) atoms. The Balaban J connectivity index is 3.05. The topological polar surface area (TPSA) is 0 Å². The van der Waals surface area contributed by atoms with Gasteiger partial charge in [-0.25, -0.2) is 0 Å². The Bertz CT molecular complexity index is 142. The van der Waals surface area contributed by atoms with Crippen molar-refractivity contribution in [3.63, 3.8) is 0 Å². The minimum absolute atomic E-state index is 0.804. The Morgan fingerprint density at radius 1 is 0.929 bits per heavy atom. The summed E-state index contributed by atoms with van der Waals surface area (Å²) in [6, 6.07) is 0. The van der Waals surface area contributed by atoms with Crippen LogP contribution in [0.1, 0.15) is 58.8 Å². The maximum Gasteiger partial charge on any atom is -0.0327 e. The lowest BCUT2D eigenvalue weighted by atomic mass is 10.1. The van der Waals surface area contributed by atoms with Crippen molar-refractivity contribution >= 4 is 0 Å². The van der Waals surface area contributed by atoms with Gasteiger partial charge in [-0.15, -0.1) is 6.58 Å². The van der Waals surface area contributed by atoms with Crippen LogP contribution in [0.5, 0.6) is 0 Å². The Kier molecular flexibility index (Phi) is 10.2. The first-order valence-corrected chi connectivity index (χ1v) is 6.03. The number of hydrogen-bond donors (Lipinski definition) is 0. The summed E-state index contributed by atoms with van der Waals surface area (Å²) in [6.07, 6.45) is 15.8. The summed E-state index contributed by atoms with van der Waals surface area (Å²) < 4.78 is 0. The van der Waals surface area contributed by atoms with Gasteiger partial charge in [-0.2, -0.15) is 0 Å². The van der Waals surface area contributed by atoms with E-state index in [1.54, 1.807) is 0 Å². The molecule has 0 aromatic carbocycles. The highest BCUT2D eigenvalue weighted by atomic mass is 13.9. The molecule has 0 spiro atoms. The van der Waals surface area contributed by atoms with Crippen molar-refractivity contribution in [3.05, 3.63) is 24.8 Å². The minimum Gasteiger partial charge on any atom is -0.103 e. The summed E-state index contributed by atoms with van der Waals surface area (Å²) in [5, 5.41) is 0. The quantitative estimate of drug-likeness (QED) is 0.353. The standard InChI is InChI=1S/C14H26/c1-4-5-6-7-8-9-10-11-12-13-14(2)3/h4,11-12,14H,1,5-10,13H2,2-3H3. The fraction of sp³-hybridized carbons (Fsp3) is 0.714. The van der Waals surface area contributed by atoms with E-state index in [0.29, 0.717) is 0 Å². The highest BCUT2D eigenvalue weighted by molar-refractivity contribution is 4.82. The van der Waals surface area contributed by atoms with Gasteiger partial charge in [-0.05, 0) is 38.0 Å². The molecule has 82 valence electrons. The van der Waals surface area contributed by atoms with E-state index in [9.17, 15) is 0 Å². The van der Waals surface area contributed by atoms with Crippen molar-refractivity contribution in [3.8, 4) is 0 Å². The van der Waals surface area contributed by atoms with Gasteiger partial charge in [0.15, 0.2) is 0 Å². The van der Waals surface area contributed by atoms with Crippen LogP contribution in [0.2, 0.25) is 0 Å². The molecule has 0 aromatic rings. The summed E-state index contributed by atoms with van der Waals surface area (Å²) >= 11 is 0. The van der Waals surface area contributed by atoms with Crippen LogP contribution in [0, 0.1) is 5.92 Å². The number of allylic oxidation sites excluding steroid dienone is 3. The SMILES string of the molecule is C=CCCCCCCC=CCC(C)C. The van der Waals surface area contributed by atoms with Crippen LogP contribution in [0.3, 0.4) is 0 Å². The first kappa shape index (κ1) is 13.5. The second-order valence-corrected chi connectivity index (χ2v) is 4.38. The van der Waals surface area contributed by atoms with E-state index in [2.05, 4.69) is 32.6 Å². The van der Waals surface area contributed by atoms with Crippen molar-refractivity contribution in [2.45, 2.75) is 58.8 Å². The fourth-order valence-corrected chi connectivity index (χ4v) is 1.39. The maximum atomic E-state index is 3.72. The fourth-order valence-electron chi connectivity index (χ4n) is 1.39. The monoisotopic (exact) mass is 194 g/mol. The minimum atomic E-state index is 0.804. The van der Waals surface area contributed by atoms with Gasteiger partial charge in [0.1, 0.15) is 0 Å². The second kappa shape index (κ2) is 10.6. The van der Waals surface area contributed by atoms with E-state index in [1.165, 1.54) is 44.9 Å². The van der Waals surface area contributed by atoms with Gasteiger partial charge in [-0.3, -0.25) is 0 Å². The predicted molar refractivity (Wildman–Crippen MR) is 66.5 cm³/mol. The van der Waals surface area contributed by atoms with Gasteiger partial charge in [0.2, 0.25) is 0 Å². The molecular weight excluding hydrogens is 168 g/mol. The highest BCUT2D eigenvalue weighted by Crippen LogP contribution is 2.07. The second-order valence-electron chi connectivity index (χ2n) is 4.38. The van der Waals surface area contributed by atoms with Crippen molar-refractivity contribution in [1.29, 1.82) is 0 Å². The highest BCUT2D eigenvalue weighted by Gasteiger charge is 1.88. The molecule has 0 nitrogen and oxygen atoms in total. The molecule has 0 unspecified atom stereocenters. The Morgan fingerprint density at radius 2 is 1.57 bits per heavy atom. The van der Waals surface area contributed by atoms with Crippen molar-refractivity contribution in [2.24, 2.45) is 5.92 Å². The van der Waals surface area contributed by atoms with Gasteiger partial charge >= 0.3 is 0 Å². The zero-order valence-corrected chi connectivity index (χ0v) is 9.97. The molecule has 0 aliphatic heterocycles. The summed E-state index contributed by atoms with van der Waals surface area (Å²) in [7, 11) is 0. The van der Waals surface area contributed by atoms with Gasteiger partial charge in [0.25, 0.3) is 0 Å². The average molecular weight is 194 g/mol. The summed E-state index contributed by atoms with van der Waals surface area (Å²) in [5.74, 6) is 0.804. The normalized spacial score (nSPS) is 11.4. The molecule has 0 N–H and O–H groups in total. The zero-order valence-electron chi connectivity index (χ0n) is 9.97. The first-order chi connectivity index (χ1) is 6.77. The largest absolute Gasteiger partial charge is 0.103 e. The average Bonchev–Trinajstić information content (AvgIpc) is 2.15. The van der Waals surface area contributed by atoms with E-state index in [-0.39, 0.29) is 0 Å². The van der Waals surface area contributed by atoms with Crippen LogP contribution in [0.25, 0.3) is 0 Å². The van der Waals surface area contributed by atoms with Crippen molar-refractivity contribution < 1.29 is 0 Å². The Morgan fingerprint density at radius 3 is 2.14 bits per heavy atom. The number of unbranched alkanes of at least 4 members (excludes halogenated alkanes) is 5. The van der Waals surface area contributed by atoms with E-state index < -0.39 is 0 Å². The zero-order chi connectivity index (χ0) is 10.6. The van der Waals surface area contributed by atoms with E-state index in [0.717, 1.165) is 5.92 Å². The molecular formula is C14H26. The van der Waals surface area contributed by atoms with Crippen LogP contribution in [-0.4, -0.2) is 0 Å². The van der Waals surface area contributed by atoms with Crippen LogP contribution in [0.15, 0.2) is 24.8 Å².